The molecule has 6 heteroatoms. The molecule has 0 radical (unpaired) electrons. The lowest BCUT2D eigenvalue weighted by Crippen LogP contribution is -2.14. The van der Waals surface area contributed by atoms with Gasteiger partial charge in [0.15, 0.2) is 0 Å². The molecule has 1 N–H and O–H groups in total. The summed E-state index contributed by atoms with van der Waals surface area (Å²) in [5, 5.41) is 3.51. The maximum atomic E-state index is 12.9. The van der Waals surface area contributed by atoms with Gasteiger partial charge < -0.3 is 10.1 Å². The highest BCUT2D eigenvalue weighted by Crippen LogP contribution is 2.35. The van der Waals surface area contributed by atoms with Crippen LogP contribution in [-0.4, -0.2) is 22.4 Å². The van der Waals surface area contributed by atoms with Crippen molar-refractivity contribution < 1.29 is 9.53 Å². The van der Waals surface area contributed by atoms with E-state index in [-0.39, 0.29) is 5.91 Å². The molecule has 0 fully saturated rings. The fourth-order valence-electron chi connectivity index (χ4n) is 3.11. The van der Waals surface area contributed by atoms with E-state index >= 15 is 0 Å². The maximum Gasteiger partial charge on any atom is 0.256 e. The van der Waals surface area contributed by atoms with Crippen LogP contribution < -0.4 is 10.1 Å². The number of carbonyl (C=O) groups excluding carboxylic acids is 1. The number of aromatic nitrogens is 2. The van der Waals surface area contributed by atoms with E-state index in [1.807, 2.05) is 53.9 Å². The Bertz CT molecular complexity index is 1180. The molecule has 0 aliphatic carbocycles. The fourth-order valence-corrected chi connectivity index (χ4v) is 3.30. The second-order valence-corrected chi connectivity index (χ2v) is 6.84. The molecule has 5 nitrogen and oxygen atoms in total. The van der Waals surface area contributed by atoms with Gasteiger partial charge in [-0.15, -0.1) is 0 Å². The number of nitrogens with one attached hydrogen (secondary N) is 1. The zero-order chi connectivity index (χ0) is 19.7. The Morgan fingerprint density at radius 3 is 2.71 bits per heavy atom. The van der Waals surface area contributed by atoms with Crippen LogP contribution in [0.15, 0.2) is 66.9 Å². The smallest absolute Gasteiger partial charge is 0.256 e. The van der Waals surface area contributed by atoms with Crippen LogP contribution in [0.1, 0.15) is 15.9 Å². The first-order valence-electron chi connectivity index (χ1n) is 8.76. The van der Waals surface area contributed by atoms with Gasteiger partial charge in [-0.25, -0.2) is 4.98 Å². The predicted molar refractivity (Wildman–Crippen MR) is 111 cm³/mol. The number of carbonyl (C=O) groups is 1. The van der Waals surface area contributed by atoms with E-state index in [4.69, 9.17) is 21.3 Å². The van der Waals surface area contributed by atoms with Crippen molar-refractivity contribution in [2.24, 2.45) is 0 Å². The molecule has 0 aliphatic rings. The lowest BCUT2D eigenvalue weighted by molar-refractivity contribution is 0.102. The molecule has 0 spiro atoms. The van der Waals surface area contributed by atoms with Crippen LogP contribution in [0, 0.1) is 6.92 Å². The van der Waals surface area contributed by atoms with E-state index in [9.17, 15) is 4.79 Å². The van der Waals surface area contributed by atoms with E-state index in [1.165, 1.54) is 0 Å². The number of para-hydroxylation sites is 1. The molecule has 1 amide bonds. The van der Waals surface area contributed by atoms with Crippen LogP contribution in [0.3, 0.4) is 0 Å². The number of hydrogen-bond donors (Lipinski definition) is 1. The molecule has 0 atom stereocenters. The maximum absolute atomic E-state index is 12.9. The third kappa shape index (κ3) is 3.32. The molecule has 0 saturated heterocycles. The van der Waals surface area contributed by atoms with Crippen molar-refractivity contribution in [3.63, 3.8) is 0 Å². The summed E-state index contributed by atoms with van der Waals surface area (Å²) < 4.78 is 7.37. The molecule has 2 aromatic carbocycles. The number of imidazole rings is 1. The predicted octanol–water partition coefficient (Wildman–Crippen LogP) is 5.22. The topological polar surface area (TPSA) is 55.6 Å². The summed E-state index contributed by atoms with van der Waals surface area (Å²) in [5.74, 6) is 0.996. The SMILES string of the molecule is COc1ccccc1-c1nc2ccc(C)cn2c1NC(=O)c1cccc(Cl)c1. The number of aryl methyl sites for hydroxylation is 1. The lowest BCUT2D eigenvalue weighted by Gasteiger charge is -2.11. The van der Waals surface area contributed by atoms with Crippen LogP contribution in [0.5, 0.6) is 5.75 Å². The van der Waals surface area contributed by atoms with E-state index < -0.39 is 0 Å². The normalized spacial score (nSPS) is 10.8. The summed E-state index contributed by atoms with van der Waals surface area (Å²) in [4.78, 5) is 17.6. The Morgan fingerprint density at radius 1 is 1.11 bits per heavy atom. The highest BCUT2D eigenvalue weighted by Gasteiger charge is 2.20. The number of ether oxygens (including phenoxy) is 1. The molecule has 4 rings (SSSR count). The number of hydrogen-bond acceptors (Lipinski definition) is 3. The second-order valence-electron chi connectivity index (χ2n) is 6.41. The van der Waals surface area contributed by atoms with E-state index in [1.54, 1.807) is 31.4 Å². The first-order valence-corrected chi connectivity index (χ1v) is 9.13. The van der Waals surface area contributed by atoms with Crippen molar-refractivity contribution >= 4 is 29.0 Å². The van der Waals surface area contributed by atoms with Crippen molar-refractivity contribution in [2.45, 2.75) is 6.92 Å². The monoisotopic (exact) mass is 391 g/mol. The third-order valence-corrected chi connectivity index (χ3v) is 4.68. The van der Waals surface area contributed by atoms with Gasteiger partial charge in [0, 0.05) is 22.3 Å². The summed E-state index contributed by atoms with van der Waals surface area (Å²) in [7, 11) is 1.61. The summed E-state index contributed by atoms with van der Waals surface area (Å²) in [6.07, 6.45) is 1.94. The van der Waals surface area contributed by atoms with Gasteiger partial charge in [0.2, 0.25) is 0 Å². The minimum atomic E-state index is -0.262. The van der Waals surface area contributed by atoms with Crippen LogP contribution in [-0.2, 0) is 0 Å². The van der Waals surface area contributed by atoms with Crippen LogP contribution >= 0.6 is 11.6 Å². The Balaban J connectivity index is 1.88. The van der Waals surface area contributed by atoms with Gasteiger partial charge in [-0.2, -0.15) is 0 Å². The Morgan fingerprint density at radius 2 is 1.93 bits per heavy atom. The molecular formula is C22H18ClN3O2. The molecule has 28 heavy (non-hydrogen) atoms. The fraction of sp³-hybridized carbons (Fsp3) is 0.0909. The van der Waals surface area contributed by atoms with Gasteiger partial charge in [-0.05, 0) is 48.9 Å². The summed E-state index contributed by atoms with van der Waals surface area (Å²) >= 11 is 6.04. The first kappa shape index (κ1) is 18.1. The van der Waals surface area contributed by atoms with Gasteiger partial charge in [0.05, 0.1) is 7.11 Å². The summed E-state index contributed by atoms with van der Waals surface area (Å²) in [6.45, 7) is 1.99. The number of amides is 1. The molecule has 0 bridgehead atoms. The lowest BCUT2D eigenvalue weighted by atomic mass is 10.1. The molecule has 2 heterocycles. The number of fused-ring (bicyclic) bond motifs is 1. The highest BCUT2D eigenvalue weighted by molar-refractivity contribution is 6.31. The Labute approximate surface area is 167 Å². The van der Waals surface area contributed by atoms with Crippen LogP contribution in [0.25, 0.3) is 16.9 Å². The largest absolute Gasteiger partial charge is 0.496 e. The molecule has 0 saturated carbocycles. The summed E-state index contributed by atoms with van der Waals surface area (Å²) in [6, 6.07) is 18.3. The number of anilines is 1. The van der Waals surface area contributed by atoms with Gasteiger partial charge in [-0.3, -0.25) is 9.20 Å². The summed E-state index contributed by atoms with van der Waals surface area (Å²) in [5.41, 5.74) is 3.69. The van der Waals surface area contributed by atoms with Crippen molar-refractivity contribution in [3.05, 3.63) is 83.0 Å². The highest BCUT2D eigenvalue weighted by atomic mass is 35.5. The van der Waals surface area contributed by atoms with Gasteiger partial charge in [-0.1, -0.05) is 35.9 Å². The van der Waals surface area contributed by atoms with E-state index in [0.29, 0.717) is 27.8 Å². The zero-order valence-corrected chi connectivity index (χ0v) is 16.2. The van der Waals surface area contributed by atoms with Crippen molar-refractivity contribution in [2.75, 3.05) is 12.4 Å². The number of benzene rings is 2. The number of pyridine rings is 1. The van der Waals surface area contributed by atoms with Gasteiger partial charge in [0.1, 0.15) is 22.9 Å². The van der Waals surface area contributed by atoms with Crippen LogP contribution in [0.4, 0.5) is 5.82 Å². The minimum Gasteiger partial charge on any atom is -0.496 e. The van der Waals surface area contributed by atoms with Crippen LogP contribution in [0.2, 0.25) is 5.02 Å². The number of halogens is 1. The molecule has 140 valence electrons. The van der Waals surface area contributed by atoms with E-state index in [2.05, 4.69) is 5.32 Å². The minimum absolute atomic E-state index is 0.262. The quantitative estimate of drug-likeness (QED) is 0.518. The average Bonchev–Trinajstić information content (AvgIpc) is 3.05. The Hall–Kier alpha value is -3.31. The molecule has 0 aliphatic heterocycles. The number of rotatable bonds is 4. The van der Waals surface area contributed by atoms with Gasteiger partial charge in [0.25, 0.3) is 5.91 Å². The molecule has 0 unspecified atom stereocenters. The van der Waals surface area contributed by atoms with Crippen molar-refractivity contribution in [1.82, 2.24) is 9.38 Å². The first-order chi connectivity index (χ1) is 13.6. The van der Waals surface area contributed by atoms with Crippen molar-refractivity contribution in [3.8, 4) is 17.0 Å². The third-order valence-electron chi connectivity index (χ3n) is 4.45. The molecule has 4 aromatic rings. The zero-order valence-electron chi connectivity index (χ0n) is 15.4. The standard InChI is InChI=1S/C22H18ClN3O2/c1-14-10-11-19-24-20(17-8-3-4-9-18(17)28-2)21(26(19)13-14)25-22(27)15-6-5-7-16(23)12-15/h3-13H,1-2H3,(H,25,27). The van der Waals surface area contributed by atoms with Gasteiger partial charge >= 0.3 is 0 Å². The van der Waals surface area contributed by atoms with E-state index in [0.717, 1.165) is 16.8 Å². The Kier molecular flexibility index (Phi) is 4.75. The second kappa shape index (κ2) is 7.37. The number of nitrogens with zero attached hydrogens (tertiary/aromatic N) is 2. The average molecular weight is 392 g/mol. The molecule has 2 aromatic heterocycles. The van der Waals surface area contributed by atoms with Crippen molar-refractivity contribution in [1.29, 1.82) is 0 Å². The number of methoxy groups -OCH3 is 1. The molecular weight excluding hydrogens is 374 g/mol.